The number of esters is 1. The van der Waals surface area contributed by atoms with Crippen molar-refractivity contribution in [1.82, 2.24) is 0 Å². The number of aliphatic hydroxyl groups is 2. The Morgan fingerprint density at radius 1 is 1.30 bits per heavy atom. The van der Waals surface area contributed by atoms with Crippen molar-refractivity contribution in [1.29, 1.82) is 0 Å². The second-order valence-corrected chi connectivity index (χ2v) is 9.28. The van der Waals surface area contributed by atoms with E-state index in [0.29, 0.717) is 18.8 Å². The maximum absolute atomic E-state index is 11.3. The van der Waals surface area contributed by atoms with Gasteiger partial charge in [0.25, 0.3) is 0 Å². The summed E-state index contributed by atoms with van der Waals surface area (Å²) in [4.78, 5) is 11.3. The number of allylic oxidation sites excluding steroid dienone is 7. The van der Waals surface area contributed by atoms with Crippen molar-refractivity contribution < 1.29 is 24.5 Å². The Balaban J connectivity index is 1.85. The van der Waals surface area contributed by atoms with E-state index in [4.69, 9.17) is 9.47 Å². The van der Waals surface area contributed by atoms with E-state index in [2.05, 4.69) is 19.9 Å². The predicted molar refractivity (Wildman–Crippen MR) is 132 cm³/mol. The van der Waals surface area contributed by atoms with Gasteiger partial charge < -0.3 is 19.7 Å². The van der Waals surface area contributed by atoms with Gasteiger partial charge in [-0.15, -0.1) is 0 Å². The largest absolute Gasteiger partial charge is 0.455 e. The molecule has 0 radical (unpaired) electrons. The lowest BCUT2D eigenvalue weighted by atomic mass is 9.88. The topological polar surface area (TPSA) is 76.0 Å². The van der Waals surface area contributed by atoms with Gasteiger partial charge in [-0.2, -0.15) is 0 Å². The molecule has 0 bridgehead atoms. The molecule has 5 heteroatoms. The van der Waals surface area contributed by atoms with E-state index in [0.717, 1.165) is 12.0 Å². The van der Waals surface area contributed by atoms with E-state index < -0.39 is 18.3 Å². The Kier molecular flexibility index (Phi) is 11.0. The van der Waals surface area contributed by atoms with Crippen LogP contribution in [0.4, 0.5) is 0 Å². The summed E-state index contributed by atoms with van der Waals surface area (Å²) in [5.41, 5.74) is 2.33. The Hall–Kier alpha value is -2.21. The van der Waals surface area contributed by atoms with Crippen LogP contribution >= 0.6 is 0 Å². The van der Waals surface area contributed by atoms with Gasteiger partial charge in [0.15, 0.2) is 0 Å². The number of aliphatic hydroxyl groups excluding tert-OH is 2. The van der Waals surface area contributed by atoms with Crippen LogP contribution in [0.15, 0.2) is 71.9 Å². The van der Waals surface area contributed by atoms with Crippen LogP contribution in [0.3, 0.4) is 0 Å². The van der Waals surface area contributed by atoms with Gasteiger partial charge in [-0.05, 0) is 39.2 Å². The minimum absolute atomic E-state index is 0.0122. The van der Waals surface area contributed by atoms with Crippen LogP contribution in [0.25, 0.3) is 0 Å². The van der Waals surface area contributed by atoms with Crippen LogP contribution < -0.4 is 0 Å². The summed E-state index contributed by atoms with van der Waals surface area (Å²) in [6.07, 6.45) is 18.9. The smallest absolute Gasteiger partial charge is 0.331 e. The number of ether oxygens (including phenoxy) is 2. The van der Waals surface area contributed by atoms with Gasteiger partial charge in [-0.1, -0.05) is 73.6 Å². The summed E-state index contributed by atoms with van der Waals surface area (Å²) >= 11 is 0. The van der Waals surface area contributed by atoms with Gasteiger partial charge in [0.05, 0.1) is 24.4 Å². The molecule has 2 N–H and O–H groups in total. The first-order valence-electron chi connectivity index (χ1n) is 11.9. The van der Waals surface area contributed by atoms with Crippen LogP contribution in [-0.4, -0.2) is 46.7 Å². The highest BCUT2D eigenvalue weighted by atomic mass is 16.5. The third kappa shape index (κ3) is 9.28. The van der Waals surface area contributed by atoms with Crippen molar-refractivity contribution in [3.05, 3.63) is 71.9 Å². The number of carbonyl (C=O) groups is 1. The van der Waals surface area contributed by atoms with Crippen molar-refractivity contribution in [3.63, 3.8) is 0 Å². The van der Waals surface area contributed by atoms with Crippen LogP contribution in [0.5, 0.6) is 0 Å². The SMILES string of the molecule is C/C=C/C1OC(C(O)/C=C/C=C(\C)CC(C)/C=C(C)/C=C/C2CC=CC(=O)O2)CC(O)C1C. The molecule has 0 amide bonds. The zero-order valence-electron chi connectivity index (χ0n) is 20.6. The fraction of sp³-hybridized carbons (Fsp3) is 0.536. The van der Waals surface area contributed by atoms with E-state index in [9.17, 15) is 15.0 Å². The molecular formula is C28H40O5. The highest BCUT2D eigenvalue weighted by Gasteiger charge is 2.35. The van der Waals surface area contributed by atoms with E-state index >= 15 is 0 Å². The third-order valence-corrected chi connectivity index (χ3v) is 6.04. The van der Waals surface area contributed by atoms with E-state index in [1.54, 1.807) is 6.08 Å². The lowest BCUT2D eigenvalue weighted by Gasteiger charge is -2.38. The van der Waals surface area contributed by atoms with Crippen LogP contribution in [0.2, 0.25) is 0 Å². The molecule has 2 heterocycles. The standard InChI is InChI=1S/C28H40O5/c1-6-9-26-22(5)25(30)18-27(33-26)24(29)12-7-10-19(2)16-21(4)17-20(3)14-15-23-11-8-13-28(31)32-23/h6-10,12-15,17,21-27,29-30H,11,16,18H2,1-5H3/b9-6+,12-7+,15-14+,19-10+,20-17+. The van der Waals surface area contributed by atoms with Crippen molar-refractivity contribution >= 4 is 5.97 Å². The molecule has 0 spiro atoms. The van der Waals surface area contributed by atoms with Gasteiger partial charge in [-0.25, -0.2) is 4.79 Å². The van der Waals surface area contributed by atoms with Gasteiger partial charge in [0.2, 0.25) is 0 Å². The summed E-state index contributed by atoms with van der Waals surface area (Å²) in [6, 6.07) is 0. The molecule has 7 unspecified atom stereocenters. The minimum atomic E-state index is -0.766. The molecule has 0 aromatic carbocycles. The predicted octanol–water partition coefficient (Wildman–Crippen LogP) is 4.98. The molecule has 0 aromatic heterocycles. The van der Waals surface area contributed by atoms with E-state index in [1.807, 2.05) is 63.3 Å². The molecular weight excluding hydrogens is 416 g/mol. The molecule has 0 saturated carbocycles. The van der Waals surface area contributed by atoms with Crippen molar-refractivity contribution in [2.24, 2.45) is 11.8 Å². The highest BCUT2D eigenvalue weighted by Crippen LogP contribution is 2.28. The van der Waals surface area contributed by atoms with Gasteiger partial charge in [0, 0.05) is 24.8 Å². The molecule has 182 valence electrons. The molecule has 7 atom stereocenters. The fourth-order valence-electron chi connectivity index (χ4n) is 4.19. The number of hydrogen-bond donors (Lipinski definition) is 2. The average Bonchev–Trinajstić information content (AvgIpc) is 2.75. The van der Waals surface area contributed by atoms with Gasteiger partial charge in [0.1, 0.15) is 6.10 Å². The normalized spacial score (nSPS) is 31.5. The first-order chi connectivity index (χ1) is 15.7. The number of cyclic esters (lactones) is 1. The first-order valence-corrected chi connectivity index (χ1v) is 11.9. The monoisotopic (exact) mass is 456 g/mol. The molecule has 0 aromatic rings. The van der Waals surface area contributed by atoms with E-state index in [1.165, 1.54) is 11.6 Å². The van der Waals surface area contributed by atoms with Crippen LogP contribution in [0, 0.1) is 11.8 Å². The molecule has 2 aliphatic rings. The van der Waals surface area contributed by atoms with Gasteiger partial charge in [-0.3, -0.25) is 0 Å². The summed E-state index contributed by atoms with van der Waals surface area (Å²) in [7, 11) is 0. The second-order valence-electron chi connectivity index (χ2n) is 9.28. The highest BCUT2D eigenvalue weighted by molar-refractivity contribution is 5.82. The Labute approximate surface area is 198 Å². The van der Waals surface area contributed by atoms with Gasteiger partial charge >= 0.3 is 5.97 Å². The number of rotatable bonds is 9. The molecule has 1 saturated heterocycles. The molecule has 0 aliphatic carbocycles. The molecule has 5 nitrogen and oxygen atoms in total. The summed E-state index contributed by atoms with van der Waals surface area (Å²) in [5, 5.41) is 20.8. The Morgan fingerprint density at radius 3 is 2.76 bits per heavy atom. The first kappa shape index (κ1) is 27.0. The molecule has 2 rings (SSSR count). The number of hydrogen-bond acceptors (Lipinski definition) is 5. The average molecular weight is 457 g/mol. The number of carbonyl (C=O) groups excluding carboxylic acids is 1. The molecule has 33 heavy (non-hydrogen) atoms. The zero-order valence-corrected chi connectivity index (χ0v) is 20.6. The summed E-state index contributed by atoms with van der Waals surface area (Å²) < 4.78 is 11.2. The molecule has 1 fully saturated rings. The minimum Gasteiger partial charge on any atom is -0.455 e. The van der Waals surface area contributed by atoms with Crippen molar-refractivity contribution in [2.45, 2.75) is 84.4 Å². The van der Waals surface area contributed by atoms with Crippen molar-refractivity contribution in [2.75, 3.05) is 0 Å². The zero-order chi connectivity index (χ0) is 24.4. The quantitative estimate of drug-likeness (QED) is 0.291. The Bertz CT molecular complexity index is 816. The maximum atomic E-state index is 11.3. The summed E-state index contributed by atoms with van der Waals surface area (Å²) in [5.74, 6) is 0.0688. The lowest BCUT2D eigenvalue weighted by Crippen LogP contribution is -2.46. The van der Waals surface area contributed by atoms with E-state index in [-0.39, 0.29) is 24.1 Å². The fourth-order valence-corrected chi connectivity index (χ4v) is 4.19. The van der Waals surface area contributed by atoms with Crippen LogP contribution in [-0.2, 0) is 14.3 Å². The second kappa shape index (κ2) is 13.5. The lowest BCUT2D eigenvalue weighted by molar-refractivity contribution is -0.141. The van der Waals surface area contributed by atoms with Crippen LogP contribution in [0.1, 0.15) is 53.9 Å². The van der Waals surface area contributed by atoms with Crippen molar-refractivity contribution in [3.8, 4) is 0 Å². The summed E-state index contributed by atoms with van der Waals surface area (Å²) in [6.45, 7) is 10.2. The Morgan fingerprint density at radius 2 is 2.06 bits per heavy atom. The third-order valence-electron chi connectivity index (χ3n) is 6.04. The molecule has 2 aliphatic heterocycles. The maximum Gasteiger partial charge on any atom is 0.331 e.